The first-order valence-electron chi connectivity index (χ1n) is 10.3. The van der Waals surface area contributed by atoms with E-state index in [0.29, 0.717) is 22.6 Å². The van der Waals surface area contributed by atoms with E-state index in [-0.39, 0.29) is 17.0 Å². The van der Waals surface area contributed by atoms with Gasteiger partial charge in [-0.15, -0.1) is 0 Å². The third kappa shape index (κ3) is 4.92. The molecule has 3 aromatic heterocycles. The molecule has 176 valence electrons. The molecule has 5 rings (SSSR count). The standard InChI is InChI=1S/C25H15BrF3N3O3/c26-17-6-4-14(5-7-17)21-9-8-18(34-21)13-30-32-24(33)20-12-23-19(31-20)11-22(35-23)15-2-1-3-16(10-15)25(27,28)29/h1-13,31H,(H,32,33)/b30-13-. The largest absolute Gasteiger partial charge is 0.455 e. The number of hydrogen-bond acceptors (Lipinski definition) is 4. The molecule has 2 N–H and O–H groups in total. The number of fused-ring (bicyclic) bond motifs is 1. The van der Waals surface area contributed by atoms with Gasteiger partial charge in [0.2, 0.25) is 0 Å². The minimum Gasteiger partial charge on any atom is -0.455 e. The summed E-state index contributed by atoms with van der Waals surface area (Å²) in [5, 5.41) is 3.91. The van der Waals surface area contributed by atoms with Gasteiger partial charge < -0.3 is 13.8 Å². The molecule has 0 aliphatic heterocycles. The summed E-state index contributed by atoms with van der Waals surface area (Å²) in [5.74, 6) is 0.843. The van der Waals surface area contributed by atoms with E-state index in [2.05, 4.69) is 31.4 Å². The molecule has 0 saturated carbocycles. The molecule has 1 amide bonds. The molecule has 2 aromatic carbocycles. The molecule has 0 radical (unpaired) electrons. The molecule has 0 fully saturated rings. The van der Waals surface area contributed by atoms with Crippen molar-refractivity contribution >= 4 is 39.2 Å². The molecule has 0 atom stereocenters. The Labute approximate surface area is 204 Å². The van der Waals surface area contributed by atoms with Crippen molar-refractivity contribution in [3.05, 3.63) is 94.3 Å². The molecule has 35 heavy (non-hydrogen) atoms. The highest BCUT2D eigenvalue weighted by molar-refractivity contribution is 9.10. The number of nitrogens with one attached hydrogen (secondary N) is 2. The van der Waals surface area contributed by atoms with Gasteiger partial charge in [0.1, 0.15) is 23.0 Å². The van der Waals surface area contributed by atoms with Gasteiger partial charge in [0.05, 0.1) is 17.3 Å². The predicted molar refractivity (Wildman–Crippen MR) is 128 cm³/mol. The molecule has 0 saturated heterocycles. The minimum atomic E-state index is -4.45. The fourth-order valence-corrected chi connectivity index (χ4v) is 3.71. The molecule has 0 bridgehead atoms. The Kier molecular flexibility index (Phi) is 5.81. The molecular weight excluding hydrogens is 527 g/mol. The third-order valence-electron chi connectivity index (χ3n) is 5.14. The predicted octanol–water partition coefficient (Wildman–Crippen LogP) is 7.23. The highest BCUT2D eigenvalue weighted by Gasteiger charge is 2.30. The van der Waals surface area contributed by atoms with Gasteiger partial charge >= 0.3 is 6.18 Å². The molecule has 0 spiro atoms. The Bertz CT molecular complexity index is 1510. The number of aromatic amines is 1. The lowest BCUT2D eigenvalue weighted by molar-refractivity contribution is -0.137. The van der Waals surface area contributed by atoms with Crippen molar-refractivity contribution < 1.29 is 26.8 Å². The Hall–Kier alpha value is -4.05. The smallest absolute Gasteiger partial charge is 0.416 e. The van der Waals surface area contributed by atoms with Crippen LogP contribution in [0.15, 0.2) is 91.2 Å². The molecule has 6 nitrogen and oxygen atoms in total. The normalized spacial score (nSPS) is 12.0. The first kappa shape index (κ1) is 22.7. The third-order valence-corrected chi connectivity index (χ3v) is 5.67. The molecule has 5 aromatic rings. The second kappa shape index (κ2) is 8.95. The Morgan fingerprint density at radius 3 is 2.49 bits per heavy atom. The van der Waals surface area contributed by atoms with E-state index in [1.807, 2.05) is 24.3 Å². The van der Waals surface area contributed by atoms with Gasteiger partial charge in [0.15, 0.2) is 5.58 Å². The zero-order valence-corrected chi connectivity index (χ0v) is 19.3. The van der Waals surface area contributed by atoms with Crippen LogP contribution in [0.3, 0.4) is 0 Å². The van der Waals surface area contributed by atoms with Crippen LogP contribution in [-0.2, 0) is 6.18 Å². The van der Waals surface area contributed by atoms with E-state index >= 15 is 0 Å². The van der Waals surface area contributed by atoms with E-state index in [9.17, 15) is 18.0 Å². The van der Waals surface area contributed by atoms with E-state index in [4.69, 9.17) is 8.83 Å². The van der Waals surface area contributed by atoms with Crippen LogP contribution >= 0.6 is 15.9 Å². The van der Waals surface area contributed by atoms with E-state index < -0.39 is 17.6 Å². The summed E-state index contributed by atoms with van der Waals surface area (Å²) >= 11 is 3.38. The van der Waals surface area contributed by atoms with Crippen molar-refractivity contribution in [3.63, 3.8) is 0 Å². The van der Waals surface area contributed by atoms with Gasteiger partial charge in [-0.1, -0.05) is 40.2 Å². The van der Waals surface area contributed by atoms with Crippen molar-refractivity contribution in [3.8, 4) is 22.6 Å². The summed E-state index contributed by atoms with van der Waals surface area (Å²) in [6.07, 6.45) is -3.08. The van der Waals surface area contributed by atoms with Crippen molar-refractivity contribution in [2.75, 3.05) is 0 Å². The van der Waals surface area contributed by atoms with Crippen LogP contribution in [0.4, 0.5) is 13.2 Å². The number of hydrazone groups is 1. The number of aromatic nitrogens is 1. The van der Waals surface area contributed by atoms with Gasteiger partial charge in [-0.3, -0.25) is 4.79 Å². The summed E-state index contributed by atoms with van der Waals surface area (Å²) < 4.78 is 51.2. The molecule has 0 unspecified atom stereocenters. The fraction of sp³-hybridized carbons (Fsp3) is 0.0400. The van der Waals surface area contributed by atoms with Crippen molar-refractivity contribution in [1.82, 2.24) is 10.4 Å². The zero-order chi connectivity index (χ0) is 24.6. The number of carbonyl (C=O) groups is 1. The molecule has 0 aliphatic carbocycles. The van der Waals surface area contributed by atoms with Crippen LogP contribution in [0.25, 0.3) is 33.7 Å². The van der Waals surface area contributed by atoms with Gasteiger partial charge in [-0.25, -0.2) is 5.43 Å². The van der Waals surface area contributed by atoms with E-state index in [0.717, 1.165) is 22.2 Å². The number of furan rings is 2. The lowest BCUT2D eigenvalue weighted by Gasteiger charge is -2.07. The summed E-state index contributed by atoms with van der Waals surface area (Å²) in [7, 11) is 0. The lowest BCUT2D eigenvalue weighted by Crippen LogP contribution is -2.17. The maximum absolute atomic E-state index is 13.0. The number of rotatable bonds is 5. The number of benzene rings is 2. The number of H-pyrrole nitrogens is 1. The van der Waals surface area contributed by atoms with Crippen LogP contribution in [0.5, 0.6) is 0 Å². The van der Waals surface area contributed by atoms with E-state index in [1.165, 1.54) is 30.5 Å². The second-order valence-electron chi connectivity index (χ2n) is 7.56. The average Bonchev–Trinajstić information content (AvgIpc) is 3.54. The van der Waals surface area contributed by atoms with Crippen LogP contribution < -0.4 is 5.43 Å². The van der Waals surface area contributed by atoms with Crippen LogP contribution in [0, 0.1) is 0 Å². The van der Waals surface area contributed by atoms with Crippen molar-refractivity contribution in [2.45, 2.75) is 6.18 Å². The number of halogens is 4. The number of hydrogen-bond donors (Lipinski definition) is 2. The second-order valence-corrected chi connectivity index (χ2v) is 8.47. The Morgan fingerprint density at radius 2 is 1.74 bits per heavy atom. The number of nitrogens with zero attached hydrogens (tertiary/aromatic N) is 1. The lowest BCUT2D eigenvalue weighted by atomic mass is 10.1. The monoisotopic (exact) mass is 541 g/mol. The first-order valence-corrected chi connectivity index (χ1v) is 11.0. The summed E-state index contributed by atoms with van der Waals surface area (Å²) in [4.78, 5) is 15.3. The fourth-order valence-electron chi connectivity index (χ4n) is 3.44. The van der Waals surface area contributed by atoms with Crippen LogP contribution in [-0.4, -0.2) is 17.1 Å². The molecule has 0 aliphatic rings. The minimum absolute atomic E-state index is 0.182. The van der Waals surface area contributed by atoms with Crippen molar-refractivity contribution in [1.29, 1.82) is 0 Å². The van der Waals surface area contributed by atoms with Crippen LogP contribution in [0.2, 0.25) is 0 Å². The first-order chi connectivity index (χ1) is 16.8. The maximum Gasteiger partial charge on any atom is 0.416 e. The van der Waals surface area contributed by atoms with Gasteiger partial charge in [-0.2, -0.15) is 18.3 Å². The number of alkyl halides is 3. The topological polar surface area (TPSA) is 83.5 Å². The van der Waals surface area contributed by atoms with Gasteiger partial charge in [0, 0.05) is 27.7 Å². The summed E-state index contributed by atoms with van der Waals surface area (Å²) in [5.41, 5.74) is 3.78. The summed E-state index contributed by atoms with van der Waals surface area (Å²) in [6.45, 7) is 0. The van der Waals surface area contributed by atoms with Crippen molar-refractivity contribution in [2.24, 2.45) is 5.10 Å². The zero-order valence-electron chi connectivity index (χ0n) is 17.7. The molecular formula is C25H15BrF3N3O3. The maximum atomic E-state index is 13.0. The van der Waals surface area contributed by atoms with Crippen LogP contribution in [0.1, 0.15) is 21.8 Å². The SMILES string of the molecule is O=C(N/N=C\c1ccc(-c2ccc(Br)cc2)o1)c1cc2oc(-c3cccc(C(F)(F)F)c3)cc2[nH]1. The average molecular weight is 542 g/mol. The highest BCUT2D eigenvalue weighted by atomic mass is 79.9. The molecule has 3 heterocycles. The van der Waals surface area contributed by atoms with Gasteiger partial charge in [-0.05, 0) is 36.4 Å². The molecule has 10 heteroatoms. The number of amides is 1. The Morgan fingerprint density at radius 1 is 0.943 bits per heavy atom. The highest BCUT2D eigenvalue weighted by Crippen LogP contribution is 2.34. The quantitative estimate of drug-likeness (QED) is 0.182. The Balaban J connectivity index is 1.26. The summed E-state index contributed by atoms with van der Waals surface area (Å²) in [6, 6.07) is 19.0. The number of carbonyl (C=O) groups excluding carboxylic acids is 1. The van der Waals surface area contributed by atoms with E-state index in [1.54, 1.807) is 12.1 Å². The van der Waals surface area contributed by atoms with Gasteiger partial charge in [0.25, 0.3) is 5.91 Å².